The maximum absolute atomic E-state index is 12.8. The molecule has 0 spiro atoms. The van der Waals surface area contributed by atoms with Gasteiger partial charge in [0, 0.05) is 6.42 Å². The molecule has 0 aliphatic heterocycles. The molecular formula is C49H102N2O6P+. The van der Waals surface area contributed by atoms with Crippen molar-refractivity contribution in [1.29, 1.82) is 0 Å². The number of nitrogens with one attached hydrogen (secondary N) is 1. The molecule has 3 atom stereocenters. The van der Waals surface area contributed by atoms with Crippen molar-refractivity contribution in [3.63, 3.8) is 0 Å². The fourth-order valence-corrected chi connectivity index (χ4v) is 8.55. The molecule has 0 radical (unpaired) electrons. The maximum Gasteiger partial charge on any atom is 0.472 e. The Balaban J connectivity index is 3.69. The van der Waals surface area contributed by atoms with Gasteiger partial charge < -0.3 is 19.8 Å². The summed E-state index contributed by atoms with van der Waals surface area (Å²) in [6.07, 6.45) is 48.1. The first-order valence-corrected chi connectivity index (χ1v) is 26.9. The van der Waals surface area contributed by atoms with E-state index in [1.54, 1.807) is 0 Å². The third-order valence-electron chi connectivity index (χ3n) is 11.9. The Labute approximate surface area is 361 Å². The number of unbranched alkanes of at least 4 members (excludes halogenated alkanes) is 34. The molecule has 0 saturated carbocycles. The number of hydrogen-bond acceptors (Lipinski definition) is 5. The lowest BCUT2D eigenvalue weighted by Gasteiger charge is -2.26. The zero-order valence-electron chi connectivity index (χ0n) is 39.6. The zero-order chi connectivity index (χ0) is 42.8. The van der Waals surface area contributed by atoms with Crippen LogP contribution in [0.25, 0.3) is 0 Å². The summed E-state index contributed by atoms with van der Waals surface area (Å²) in [6, 6.07) is -0.750. The van der Waals surface area contributed by atoms with Gasteiger partial charge in [-0.05, 0) is 12.8 Å². The predicted octanol–water partition coefficient (Wildman–Crippen LogP) is 14.5. The minimum atomic E-state index is -4.29. The number of aliphatic hydroxyl groups is 1. The molecule has 348 valence electrons. The Hall–Kier alpha value is -0.500. The molecule has 0 aromatic rings. The van der Waals surface area contributed by atoms with Crippen LogP contribution in [-0.2, 0) is 18.4 Å². The molecule has 0 aliphatic carbocycles. The quantitative estimate of drug-likeness (QED) is 0.0320. The standard InChI is InChI=1S/C49H101N2O6P/c1-6-8-10-12-13-14-15-16-17-18-19-20-21-22-23-24-25-26-27-28-29-30-31-32-33-34-35-36-37-38-39-41-43-49(53)50-47(48(52)42-40-11-9-7-2)46-57-58(54,55)56-45-44-51(3,4)5/h47-48,52H,6-46H2,1-5H3,(H-,50,53,54,55)/p+1. The van der Waals surface area contributed by atoms with Crippen LogP contribution in [-0.4, -0.2) is 73.4 Å². The van der Waals surface area contributed by atoms with Gasteiger partial charge >= 0.3 is 7.82 Å². The molecule has 0 heterocycles. The van der Waals surface area contributed by atoms with Crippen molar-refractivity contribution in [3.8, 4) is 0 Å². The highest BCUT2D eigenvalue weighted by molar-refractivity contribution is 7.47. The van der Waals surface area contributed by atoms with Gasteiger partial charge in [-0.1, -0.05) is 239 Å². The zero-order valence-corrected chi connectivity index (χ0v) is 40.5. The molecule has 0 aliphatic rings. The average molecular weight is 846 g/mol. The third-order valence-corrected chi connectivity index (χ3v) is 12.8. The Bertz CT molecular complexity index is 916. The lowest BCUT2D eigenvalue weighted by atomic mass is 10.0. The van der Waals surface area contributed by atoms with E-state index in [2.05, 4.69) is 19.2 Å². The second-order valence-corrected chi connectivity index (χ2v) is 20.4. The lowest BCUT2D eigenvalue weighted by Crippen LogP contribution is -2.46. The molecule has 0 saturated heterocycles. The summed E-state index contributed by atoms with van der Waals surface area (Å²) in [6.45, 7) is 4.79. The van der Waals surface area contributed by atoms with Crippen molar-refractivity contribution in [1.82, 2.24) is 5.32 Å². The van der Waals surface area contributed by atoms with E-state index in [4.69, 9.17) is 9.05 Å². The van der Waals surface area contributed by atoms with Crippen LogP contribution in [0.4, 0.5) is 0 Å². The highest BCUT2D eigenvalue weighted by atomic mass is 31.2. The number of hydrogen-bond donors (Lipinski definition) is 3. The maximum atomic E-state index is 12.8. The smallest absolute Gasteiger partial charge is 0.391 e. The van der Waals surface area contributed by atoms with Crippen LogP contribution in [0.2, 0.25) is 0 Å². The van der Waals surface area contributed by atoms with E-state index in [9.17, 15) is 19.4 Å². The van der Waals surface area contributed by atoms with Crippen molar-refractivity contribution < 1.29 is 32.9 Å². The van der Waals surface area contributed by atoms with Crippen LogP contribution < -0.4 is 5.32 Å². The van der Waals surface area contributed by atoms with Gasteiger partial charge in [0.15, 0.2) is 0 Å². The minimum Gasteiger partial charge on any atom is -0.391 e. The Morgan fingerprint density at radius 2 is 0.828 bits per heavy atom. The number of phosphoric ester groups is 1. The van der Waals surface area contributed by atoms with Gasteiger partial charge in [-0.15, -0.1) is 0 Å². The molecular weight excluding hydrogens is 744 g/mol. The molecule has 3 unspecified atom stereocenters. The number of carbonyl (C=O) groups is 1. The van der Waals surface area contributed by atoms with E-state index in [0.29, 0.717) is 23.9 Å². The van der Waals surface area contributed by atoms with Crippen molar-refractivity contribution in [2.24, 2.45) is 0 Å². The van der Waals surface area contributed by atoms with E-state index in [0.717, 1.165) is 44.9 Å². The summed E-state index contributed by atoms with van der Waals surface area (Å²) in [7, 11) is 1.62. The molecule has 0 fully saturated rings. The number of aliphatic hydroxyl groups excluding tert-OH is 1. The second kappa shape index (κ2) is 41.8. The first-order valence-electron chi connectivity index (χ1n) is 25.4. The normalized spacial score (nSPS) is 14.1. The van der Waals surface area contributed by atoms with Crippen LogP contribution >= 0.6 is 7.82 Å². The van der Waals surface area contributed by atoms with Gasteiger partial charge in [0.1, 0.15) is 13.2 Å². The summed E-state index contributed by atoms with van der Waals surface area (Å²) in [5, 5.41) is 13.7. The molecule has 58 heavy (non-hydrogen) atoms. The molecule has 0 aromatic heterocycles. The minimum absolute atomic E-state index is 0.0770. The topological polar surface area (TPSA) is 105 Å². The number of phosphoric acid groups is 1. The summed E-state index contributed by atoms with van der Waals surface area (Å²) < 4.78 is 23.4. The highest BCUT2D eigenvalue weighted by Crippen LogP contribution is 2.43. The summed E-state index contributed by atoms with van der Waals surface area (Å²) in [5.41, 5.74) is 0. The van der Waals surface area contributed by atoms with Gasteiger partial charge in [0.05, 0.1) is 39.9 Å². The van der Waals surface area contributed by atoms with Crippen LogP contribution in [0.5, 0.6) is 0 Å². The van der Waals surface area contributed by atoms with E-state index in [-0.39, 0.29) is 19.1 Å². The number of quaternary nitrogens is 1. The van der Waals surface area contributed by atoms with E-state index in [1.807, 2.05) is 21.1 Å². The summed E-state index contributed by atoms with van der Waals surface area (Å²) in [5.74, 6) is -0.148. The number of carbonyl (C=O) groups excluding carboxylic acids is 1. The Morgan fingerprint density at radius 1 is 0.517 bits per heavy atom. The van der Waals surface area contributed by atoms with Crippen molar-refractivity contribution >= 4 is 13.7 Å². The van der Waals surface area contributed by atoms with Crippen LogP contribution in [0.15, 0.2) is 0 Å². The predicted molar refractivity (Wildman–Crippen MR) is 249 cm³/mol. The molecule has 9 heteroatoms. The molecule has 0 aromatic carbocycles. The fraction of sp³-hybridized carbons (Fsp3) is 0.980. The van der Waals surface area contributed by atoms with Gasteiger partial charge in [0.25, 0.3) is 0 Å². The van der Waals surface area contributed by atoms with Crippen molar-refractivity contribution in [3.05, 3.63) is 0 Å². The molecule has 3 N–H and O–H groups in total. The number of nitrogens with zero attached hydrogens (tertiary/aromatic N) is 1. The molecule has 8 nitrogen and oxygen atoms in total. The van der Waals surface area contributed by atoms with E-state index < -0.39 is 20.0 Å². The number of likely N-dealkylation sites (N-methyl/N-ethyl adjacent to an activating group) is 1. The SMILES string of the molecule is CCCCCCCCCCCCCCCCCCCCCCCCCCCCCCCCCCC(=O)NC(COP(=O)(O)OCC[N+](C)(C)C)C(O)CCCCCC. The summed E-state index contributed by atoms with van der Waals surface area (Å²) in [4.78, 5) is 22.9. The van der Waals surface area contributed by atoms with Crippen molar-refractivity contribution in [2.45, 2.75) is 270 Å². The van der Waals surface area contributed by atoms with Crippen LogP contribution in [0.3, 0.4) is 0 Å². The Morgan fingerprint density at radius 3 is 1.16 bits per heavy atom. The lowest BCUT2D eigenvalue weighted by molar-refractivity contribution is -0.870. The first-order chi connectivity index (χ1) is 28.0. The largest absolute Gasteiger partial charge is 0.472 e. The molecule has 0 bridgehead atoms. The third kappa shape index (κ3) is 43.6. The molecule has 0 rings (SSSR count). The van der Waals surface area contributed by atoms with E-state index in [1.165, 1.54) is 186 Å². The van der Waals surface area contributed by atoms with Gasteiger partial charge in [-0.3, -0.25) is 13.8 Å². The van der Waals surface area contributed by atoms with Crippen LogP contribution in [0.1, 0.15) is 258 Å². The van der Waals surface area contributed by atoms with Gasteiger partial charge in [-0.2, -0.15) is 0 Å². The first kappa shape index (κ1) is 57.5. The van der Waals surface area contributed by atoms with Gasteiger partial charge in [0.2, 0.25) is 5.91 Å². The Kier molecular flexibility index (Phi) is 41.5. The van der Waals surface area contributed by atoms with Crippen LogP contribution in [0, 0.1) is 0 Å². The number of rotatable bonds is 47. The average Bonchev–Trinajstić information content (AvgIpc) is 3.17. The van der Waals surface area contributed by atoms with Crippen molar-refractivity contribution in [2.75, 3.05) is 40.9 Å². The highest BCUT2D eigenvalue weighted by Gasteiger charge is 2.28. The summed E-state index contributed by atoms with van der Waals surface area (Å²) >= 11 is 0. The fourth-order valence-electron chi connectivity index (χ4n) is 7.81. The monoisotopic (exact) mass is 846 g/mol. The number of amides is 1. The molecule has 1 amide bonds. The second-order valence-electron chi connectivity index (χ2n) is 18.9. The van der Waals surface area contributed by atoms with Gasteiger partial charge in [-0.25, -0.2) is 4.57 Å². The van der Waals surface area contributed by atoms with E-state index >= 15 is 0 Å².